The number of carbonyl (C=O) groups excluding carboxylic acids is 2. The summed E-state index contributed by atoms with van der Waals surface area (Å²) in [7, 11) is -4.23. The third-order valence-electron chi connectivity index (χ3n) is 4.57. The van der Waals surface area contributed by atoms with E-state index in [9.17, 15) is 36.0 Å². The number of nitrogens with zero attached hydrogens (tertiary/aromatic N) is 1. The first-order valence-electron chi connectivity index (χ1n) is 10.4. The Labute approximate surface area is 227 Å². The van der Waals surface area contributed by atoms with Gasteiger partial charge in [-0.3, -0.25) is 24.6 Å². The Morgan fingerprint density at radius 3 is 2.47 bits per heavy atom. The van der Waals surface area contributed by atoms with Crippen molar-refractivity contribution < 1.29 is 40.9 Å². The Morgan fingerprint density at radius 2 is 1.87 bits per heavy atom. The molecule has 1 heterocycles. The SMILES string of the molecule is CC(C(=O)NCCONC(=N)N)c1ccc(NS(=O)(=O)Cc2ccccc2I)c(=O)n1OC(=O)C(F)(F)F. The summed E-state index contributed by atoms with van der Waals surface area (Å²) in [4.78, 5) is 45.9. The van der Waals surface area contributed by atoms with Crippen molar-refractivity contribution in [2.75, 3.05) is 17.9 Å². The minimum absolute atomic E-state index is 0.0853. The van der Waals surface area contributed by atoms with Crippen molar-refractivity contribution in [2.24, 2.45) is 5.73 Å². The molecule has 1 aromatic heterocycles. The van der Waals surface area contributed by atoms with Gasteiger partial charge in [-0.05, 0) is 53.3 Å². The summed E-state index contributed by atoms with van der Waals surface area (Å²) in [6.45, 7) is 0.916. The third kappa shape index (κ3) is 8.87. The number of halogens is 4. The largest absolute Gasteiger partial charge is 0.493 e. The number of anilines is 1. The van der Waals surface area contributed by atoms with E-state index in [1.165, 1.54) is 13.0 Å². The predicted molar refractivity (Wildman–Crippen MR) is 136 cm³/mol. The second kappa shape index (κ2) is 12.9. The van der Waals surface area contributed by atoms with E-state index < -0.39 is 62.6 Å². The van der Waals surface area contributed by atoms with Crippen LogP contribution in [0, 0.1) is 8.98 Å². The van der Waals surface area contributed by atoms with Gasteiger partial charge in [0.1, 0.15) is 5.69 Å². The lowest BCUT2D eigenvalue weighted by molar-refractivity contribution is -0.200. The number of nitrogens with one attached hydrogen (secondary N) is 4. The van der Waals surface area contributed by atoms with E-state index in [-0.39, 0.29) is 17.9 Å². The van der Waals surface area contributed by atoms with Crippen LogP contribution in [-0.2, 0) is 30.2 Å². The maximum Gasteiger partial charge on any atom is 0.493 e. The van der Waals surface area contributed by atoms with Crippen LogP contribution in [0.25, 0.3) is 0 Å². The molecule has 2 rings (SSSR count). The number of hydroxylamine groups is 1. The van der Waals surface area contributed by atoms with Crippen LogP contribution < -0.4 is 31.6 Å². The number of amides is 1. The predicted octanol–water partition coefficient (Wildman–Crippen LogP) is 0.547. The Morgan fingerprint density at radius 1 is 1.21 bits per heavy atom. The molecule has 38 heavy (non-hydrogen) atoms. The highest BCUT2D eigenvalue weighted by molar-refractivity contribution is 14.1. The maximum absolute atomic E-state index is 12.9. The molecule has 1 aromatic carbocycles. The average molecular weight is 674 g/mol. The van der Waals surface area contributed by atoms with Crippen molar-refractivity contribution in [1.29, 1.82) is 5.41 Å². The van der Waals surface area contributed by atoms with Crippen LogP contribution in [0.2, 0.25) is 0 Å². The summed E-state index contributed by atoms with van der Waals surface area (Å²) in [5.74, 6) is -5.97. The maximum atomic E-state index is 12.9. The number of hydrogen-bond donors (Lipinski definition) is 5. The lowest BCUT2D eigenvalue weighted by Gasteiger charge is -2.19. The second-order valence-electron chi connectivity index (χ2n) is 7.48. The van der Waals surface area contributed by atoms with E-state index in [1.807, 2.05) is 32.8 Å². The summed E-state index contributed by atoms with van der Waals surface area (Å²) in [6.07, 6.45) is -5.50. The first-order valence-corrected chi connectivity index (χ1v) is 13.1. The monoisotopic (exact) mass is 674 g/mol. The van der Waals surface area contributed by atoms with E-state index in [0.29, 0.717) is 9.13 Å². The van der Waals surface area contributed by atoms with Gasteiger partial charge in [0.25, 0.3) is 0 Å². The zero-order valence-electron chi connectivity index (χ0n) is 19.5. The first kappa shape index (κ1) is 30.8. The molecule has 1 amide bonds. The first-order chi connectivity index (χ1) is 17.6. The molecule has 6 N–H and O–H groups in total. The number of pyridine rings is 1. The number of nitrogens with two attached hydrogens (primary N) is 1. The van der Waals surface area contributed by atoms with Gasteiger partial charge in [0.2, 0.25) is 21.9 Å². The lowest BCUT2D eigenvalue weighted by atomic mass is 10.1. The molecule has 0 bridgehead atoms. The van der Waals surface area contributed by atoms with Gasteiger partial charge in [0, 0.05) is 10.1 Å². The van der Waals surface area contributed by atoms with Crippen LogP contribution in [-0.4, -0.2) is 50.3 Å². The molecule has 0 radical (unpaired) electrons. The number of rotatable bonds is 11. The zero-order chi connectivity index (χ0) is 28.7. The van der Waals surface area contributed by atoms with Crippen molar-refractivity contribution in [3.05, 3.63) is 61.6 Å². The molecular weight excluding hydrogens is 652 g/mol. The molecular formula is C20H22F3IN6O7S. The smallest absolute Gasteiger partial charge is 0.368 e. The molecule has 0 aliphatic heterocycles. The highest BCUT2D eigenvalue weighted by atomic mass is 127. The summed E-state index contributed by atoms with van der Waals surface area (Å²) < 4.78 is 66.5. The Bertz CT molecular complexity index is 1370. The van der Waals surface area contributed by atoms with E-state index in [1.54, 1.807) is 18.2 Å². The van der Waals surface area contributed by atoms with Gasteiger partial charge >= 0.3 is 17.7 Å². The fraction of sp³-hybridized carbons (Fsp3) is 0.300. The molecule has 0 saturated carbocycles. The van der Waals surface area contributed by atoms with E-state index in [0.717, 1.165) is 12.1 Å². The van der Waals surface area contributed by atoms with Gasteiger partial charge in [-0.25, -0.2) is 18.7 Å². The molecule has 2 aromatic rings. The number of aromatic nitrogens is 1. The zero-order valence-corrected chi connectivity index (χ0v) is 22.4. The van der Waals surface area contributed by atoms with Gasteiger partial charge in [0.05, 0.1) is 24.0 Å². The fourth-order valence-corrected chi connectivity index (χ4v) is 4.89. The number of hydrogen-bond acceptors (Lipinski definition) is 8. The second-order valence-corrected chi connectivity index (χ2v) is 10.4. The highest BCUT2D eigenvalue weighted by Crippen LogP contribution is 2.20. The molecule has 0 aliphatic carbocycles. The topological polar surface area (TPSA) is 195 Å². The van der Waals surface area contributed by atoms with Crippen molar-refractivity contribution in [2.45, 2.75) is 24.8 Å². The van der Waals surface area contributed by atoms with Crippen LogP contribution in [0.15, 0.2) is 41.2 Å². The number of alkyl halides is 3. The standard InChI is InChI=1S/C20H22F3IN6O7S/c1-11(16(31)27-8-9-36-28-19(25)26)15-7-6-14(17(32)30(15)37-18(33)20(21,22)23)29-38(34,35)10-12-4-2-3-5-13(12)24/h2-7,11,29H,8-10H2,1H3,(H,27,31)(H4,25,26,28). The number of carbonyl (C=O) groups is 2. The van der Waals surface area contributed by atoms with Crippen molar-refractivity contribution in [3.63, 3.8) is 0 Å². The van der Waals surface area contributed by atoms with Gasteiger partial charge in [-0.2, -0.15) is 13.2 Å². The normalized spacial score (nSPS) is 12.3. The molecule has 1 atom stereocenters. The molecule has 0 aliphatic rings. The van der Waals surface area contributed by atoms with Gasteiger partial charge in [-0.15, -0.1) is 4.73 Å². The van der Waals surface area contributed by atoms with Crippen molar-refractivity contribution in [3.8, 4) is 0 Å². The molecule has 0 fully saturated rings. The summed E-state index contributed by atoms with van der Waals surface area (Å²) in [5, 5.41) is 9.30. The van der Waals surface area contributed by atoms with Crippen molar-refractivity contribution in [1.82, 2.24) is 15.5 Å². The van der Waals surface area contributed by atoms with Gasteiger partial charge in [0.15, 0.2) is 0 Å². The van der Waals surface area contributed by atoms with Crippen LogP contribution in [0.1, 0.15) is 24.1 Å². The minimum Gasteiger partial charge on any atom is -0.368 e. The quantitative estimate of drug-likeness (QED) is 0.0744. The Balaban J connectivity index is 2.35. The van der Waals surface area contributed by atoms with Crippen molar-refractivity contribution >= 4 is 56.1 Å². The molecule has 208 valence electrons. The van der Waals surface area contributed by atoms with E-state index in [4.69, 9.17) is 16.0 Å². The molecule has 18 heteroatoms. The Hall–Kier alpha value is -3.39. The van der Waals surface area contributed by atoms with E-state index in [2.05, 4.69) is 10.2 Å². The van der Waals surface area contributed by atoms with Crippen LogP contribution >= 0.6 is 22.6 Å². The highest BCUT2D eigenvalue weighted by Gasteiger charge is 2.43. The number of guanidine groups is 1. The van der Waals surface area contributed by atoms with Crippen LogP contribution in [0.4, 0.5) is 18.9 Å². The molecule has 1 unspecified atom stereocenters. The summed E-state index contributed by atoms with van der Waals surface area (Å²) in [6, 6.07) is 8.38. The van der Waals surface area contributed by atoms with E-state index >= 15 is 0 Å². The Kier molecular flexibility index (Phi) is 10.5. The van der Waals surface area contributed by atoms with Gasteiger partial charge < -0.3 is 15.9 Å². The van der Waals surface area contributed by atoms with Crippen LogP contribution in [0.5, 0.6) is 0 Å². The number of benzene rings is 1. The molecule has 0 spiro atoms. The fourth-order valence-electron chi connectivity index (χ4n) is 2.83. The summed E-state index contributed by atoms with van der Waals surface area (Å²) in [5.41, 5.74) is 4.78. The van der Waals surface area contributed by atoms with Gasteiger partial charge in [-0.1, -0.05) is 18.2 Å². The van der Waals surface area contributed by atoms with Crippen LogP contribution in [0.3, 0.4) is 0 Å². The lowest BCUT2D eigenvalue weighted by Crippen LogP contribution is -2.42. The molecule has 0 saturated heterocycles. The third-order valence-corrected chi connectivity index (χ3v) is 6.84. The number of sulfonamides is 1. The summed E-state index contributed by atoms with van der Waals surface area (Å²) >= 11 is 1.91. The minimum atomic E-state index is -5.50. The molecule has 13 nitrogen and oxygen atoms in total. The average Bonchev–Trinajstić information content (AvgIpc) is 2.81.